The highest BCUT2D eigenvalue weighted by Gasteiger charge is 2.10. The van der Waals surface area contributed by atoms with Gasteiger partial charge in [0.05, 0.1) is 0 Å². The van der Waals surface area contributed by atoms with Crippen molar-refractivity contribution in [3.63, 3.8) is 0 Å². The SMILES string of the molecule is Cc1ccc(C[C@@H](CO)CNC(=O)NCc2cccc(N(C)C)c2)cc1. The Morgan fingerprint density at radius 3 is 2.46 bits per heavy atom. The highest BCUT2D eigenvalue weighted by Crippen LogP contribution is 2.13. The zero-order chi connectivity index (χ0) is 18.9. The second-order valence-electron chi connectivity index (χ2n) is 6.87. The molecule has 0 unspecified atom stereocenters. The van der Waals surface area contributed by atoms with Gasteiger partial charge >= 0.3 is 6.03 Å². The smallest absolute Gasteiger partial charge is 0.315 e. The zero-order valence-corrected chi connectivity index (χ0v) is 15.8. The molecule has 0 heterocycles. The van der Waals surface area contributed by atoms with Crippen molar-refractivity contribution < 1.29 is 9.90 Å². The van der Waals surface area contributed by atoms with Gasteiger partial charge in [-0.25, -0.2) is 4.79 Å². The predicted molar refractivity (Wildman–Crippen MR) is 106 cm³/mol. The van der Waals surface area contributed by atoms with Gasteiger partial charge in [-0.3, -0.25) is 0 Å². The number of anilines is 1. The Kier molecular flexibility index (Phi) is 7.48. The van der Waals surface area contributed by atoms with Crippen LogP contribution in [0.2, 0.25) is 0 Å². The van der Waals surface area contributed by atoms with Crippen LogP contribution in [0.4, 0.5) is 10.5 Å². The quantitative estimate of drug-likeness (QED) is 0.682. The minimum atomic E-state index is -0.220. The van der Waals surface area contributed by atoms with Crippen molar-refractivity contribution in [2.75, 3.05) is 32.1 Å². The fourth-order valence-electron chi connectivity index (χ4n) is 2.69. The first-order chi connectivity index (χ1) is 12.5. The van der Waals surface area contributed by atoms with Crippen LogP contribution < -0.4 is 15.5 Å². The third-order valence-electron chi connectivity index (χ3n) is 4.33. The van der Waals surface area contributed by atoms with Crippen LogP contribution >= 0.6 is 0 Å². The summed E-state index contributed by atoms with van der Waals surface area (Å²) in [5.74, 6) is 0.000486. The Morgan fingerprint density at radius 2 is 1.81 bits per heavy atom. The normalized spacial score (nSPS) is 11.7. The highest BCUT2D eigenvalue weighted by molar-refractivity contribution is 5.73. The molecule has 2 aromatic carbocycles. The number of nitrogens with zero attached hydrogens (tertiary/aromatic N) is 1. The van der Waals surface area contributed by atoms with Crippen molar-refractivity contribution in [1.82, 2.24) is 10.6 Å². The predicted octanol–water partition coefficient (Wildman–Crippen LogP) is 2.71. The second kappa shape index (κ2) is 9.82. The first kappa shape index (κ1) is 19.8. The van der Waals surface area contributed by atoms with E-state index in [9.17, 15) is 9.90 Å². The molecule has 1 atom stereocenters. The Balaban J connectivity index is 1.77. The van der Waals surface area contributed by atoms with Crippen LogP contribution in [0.15, 0.2) is 48.5 Å². The Hall–Kier alpha value is -2.53. The van der Waals surface area contributed by atoms with E-state index in [4.69, 9.17) is 0 Å². The molecular formula is C21H29N3O2. The Morgan fingerprint density at radius 1 is 1.08 bits per heavy atom. The molecule has 0 aliphatic carbocycles. The van der Waals surface area contributed by atoms with Crippen LogP contribution in [0.25, 0.3) is 0 Å². The third kappa shape index (κ3) is 6.41. The summed E-state index contributed by atoms with van der Waals surface area (Å²) in [5, 5.41) is 15.3. The van der Waals surface area contributed by atoms with Gasteiger partial charge in [-0.05, 0) is 36.6 Å². The fourth-order valence-corrected chi connectivity index (χ4v) is 2.69. The lowest BCUT2D eigenvalue weighted by atomic mass is 9.99. The standard InChI is InChI=1S/C21H29N3O2/c1-16-7-9-17(10-8-16)11-19(15-25)14-23-21(26)22-13-18-5-4-6-20(12-18)24(2)3/h4-10,12,19,25H,11,13-15H2,1-3H3,(H2,22,23,26)/t19-/m1/s1. The molecule has 5 nitrogen and oxygen atoms in total. The van der Waals surface area contributed by atoms with Crippen LogP contribution in [-0.4, -0.2) is 38.4 Å². The molecule has 26 heavy (non-hydrogen) atoms. The molecule has 0 fully saturated rings. The number of nitrogens with one attached hydrogen (secondary N) is 2. The number of amides is 2. The van der Waals surface area contributed by atoms with Gasteiger partial charge in [0.1, 0.15) is 0 Å². The molecule has 2 aromatic rings. The molecule has 2 amide bonds. The molecule has 2 rings (SSSR count). The molecule has 0 aliphatic heterocycles. The lowest BCUT2D eigenvalue weighted by Gasteiger charge is -2.16. The maximum Gasteiger partial charge on any atom is 0.315 e. The van der Waals surface area contributed by atoms with Crippen LogP contribution in [0, 0.1) is 12.8 Å². The number of urea groups is 1. The number of aliphatic hydroxyl groups is 1. The van der Waals surface area contributed by atoms with Crippen LogP contribution in [0.5, 0.6) is 0 Å². The molecular weight excluding hydrogens is 326 g/mol. The number of hydrogen-bond donors (Lipinski definition) is 3. The highest BCUT2D eigenvalue weighted by atomic mass is 16.3. The summed E-state index contributed by atoms with van der Waals surface area (Å²) < 4.78 is 0. The van der Waals surface area contributed by atoms with Crippen LogP contribution in [0.3, 0.4) is 0 Å². The van der Waals surface area contributed by atoms with Crippen LogP contribution in [0.1, 0.15) is 16.7 Å². The number of hydrogen-bond acceptors (Lipinski definition) is 3. The summed E-state index contributed by atoms with van der Waals surface area (Å²) >= 11 is 0. The minimum Gasteiger partial charge on any atom is -0.396 e. The summed E-state index contributed by atoms with van der Waals surface area (Å²) in [6, 6.07) is 16.1. The Labute approximate surface area is 156 Å². The second-order valence-corrected chi connectivity index (χ2v) is 6.87. The molecule has 0 aliphatic rings. The van der Waals surface area contributed by atoms with Gasteiger partial charge in [0.2, 0.25) is 0 Å². The van der Waals surface area contributed by atoms with E-state index in [0.717, 1.165) is 23.2 Å². The topological polar surface area (TPSA) is 64.6 Å². The van der Waals surface area contributed by atoms with Gasteiger partial charge in [0, 0.05) is 45.4 Å². The number of rotatable bonds is 8. The van der Waals surface area contributed by atoms with E-state index in [-0.39, 0.29) is 18.6 Å². The van der Waals surface area contributed by atoms with Crippen molar-refractivity contribution in [2.24, 2.45) is 5.92 Å². The molecule has 3 N–H and O–H groups in total. The maximum atomic E-state index is 12.0. The average molecular weight is 355 g/mol. The lowest BCUT2D eigenvalue weighted by Crippen LogP contribution is -2.39. The van der Waals surface area contributed by atoms with Gasteiger partial charge in [0.15, 0.2) is 0 Å². The van der Waals surface area contributed by atoms with E-state index >= 15 is 0 Å². The first-order valence-electron chi connectivity index (χ1n) is 8.92. The molecule has 0 saturated carbocycles. The summed E-state index contributed by atoms with van der Waals surface area (Å²) in [6.07, 6.45) is 0.738. The van der Waals surface area contributed by atoms with E-state index in [1.807, 2.05) is 50.2 Å². The minimum absolute atomic E-state index is 0.000486. The van der Waals surface area contributed by atoms with Crippen molar-refractivity contribution in [3.8, 4) is 0 Å². The number of benzene rings is 2. The van der Waals surface area contributed by atoms with E-state index in [1.165, 1.54) is 5.56 Å². The van der Waals surface area contributed by atoms with Crippen LogP contribution in [-0.2, 0) is 13.0 Å². The molecule has 0 aromatic heterocycles. The monoisotopic (exact) mass is 355 g/mol. The molecule has 140 valence electrons. The molecule has 0 spiro atoms. The van der Waals surface area contributed by atoms with Gasteiger partial charge in [-0.1, -0.05) is 42.0 Å². The average Bonchev–Trinajstić information content (AvgIpc) is 2.65. The van der Waals surface area contributed by atoms with E-state index in [0.29, 0.717) is 13.1 Å². The number of aliphatic hydroxyl groups excluding tert-OH is 1. The lowest BCUT2D eigenvalue weighted by molar-refractivity contribution is 0.214. The maximum absolute atomic E-state index is 12.0. The fraction of sp³-hybridized carbons (Fsp3) is 0.381. The first-order valence-corrected chi connectivity index (χ1v) is 8.92. The number of carbonyl (C=O) groups is 1. The van der Waals surface area contributed by atoms with E-state index in [1.54, 1.807) is 0 Å². The third-order valence-corrected chi connectivity index (χ3v) is 4.33. The largest absolute Gasteiger partial charge is 0.396 e. The van der Waals surface area contributed by atoms with Crippen molar-refractivity contribution in [3.05, 3.63) is 65.2 Å². The van der Waals surface area contributed by atoms with Crippen molar-refractivity contribution in [2.45, 2.75) is 19.9 Å². The molecule has 0 saturated heterocycles. The zero-order valence-electron chi connectivity index (χ0n) is 15.8. The summed E-state index contributed by atoms with van der Waals surface area (Å²) in [5.41, 5.74) is 4.52. The van der Waals surface area contributed by atoms with Gasteiger partial charge in [0.25, 0.3) is 0 Å². The van der Waals surface area contributed by atoms with Gasteiger partial charge in [-0.2, -0.15) is 0 Å². The van der Waals surface area contributed by atoms with E-state index < -0.39 is 0 Å². The Bertz CT molecular complexity index is 699. The molecule has 5 heteroatoms. The van der Waals surface area contributed by atoms with Gasteiger partial charge in [-0.15, -0.1) is 0 Å². The van der Waals surface area contributed by atoms with Crippen molar-refractivity contribution in [1.29, 1.82) is 0 Å². The van der Waals surface area contributed by atoms with Gasteiger partial charge < -0.3 is 20.6 Å². The molecule has 0 radical (unpaired) electrons. The summed E-state index contributed by atoms with van der Waals surface area (Å²) in [7, 11) is 3.98. The summed E-state index contributed by atoms with van der Waals surface area (Å²) in [6.45, 7) is 3.00. The number of carbonyl (C=O) groups excluding carboxylic acids is 1. The van der Waals surface area contributed by atoms with E-state index in [2.05, 4.69) is 34.9 Å². The number of aryl methyl sites for hydroxylation is 1. The summed E-state index contributed by atoms with van der Waals surface area (Å²) in [4.78, 5) is 14.1. The molecule has 0 bridgehead atoms. The van der Waals surface area contributed by atoms with Crippen molar-refractivity contribution >= 4 is 11.7 Å².